The molecule has 1 aliphatic heterocycles. The van der Waals surface area contributed by atoms with Crippen LogP contribution in [0.1, 0.15) is 35.4 Å². The third-order valence-corrected chi connectivity index (χ3v) is 5.09. The van der Waals surface area contributed by atoms with Crippen LogP contribution in [0, 0.1) is 6.92 Å². The minimum Gasteiger partial charge on any atom is -0.273 e. The number of hydrogen-bond donors (Lipinski definition) is 0. The molecule has 0 radical (unpaired) electrons. The highest BCUT2D eigenvalue weighted by Gasteiger charge is 2.32. The molecule has 2 aromatic rings. The van der Waals surface area contributed by atoms with Gasteiger partial charge in [0.05, 0.1) is 16.6 Å². The minimum atomic E-state index is 0.00200. The highest BCUT2D eigenvalue weighted by Crippen LogP contribution is 2.36. The van der Waals surface area contributed by atoms with Crippen LogP contribution < -0.4 is 0 Å². The lowest BCUT2D eigenvalue weighted by Gasteiger charge is -2.20. The first-order chi connectivity index (χ1) is 9.16. The second-order valence-corrected chi connectivity index (χ2v) is 6.31. The van der Waals surface area contributed by atoms with Gasteiger partial charge in [-0.2, -0.15) is 16.4 Å². The van der Waals surface area contributed by atoms with Crippen molar-refractivity contribution >= 4 is 34.3 Å². The first kappa shape index (κ1) is 12.6. The van der Waals surface area contributed by atoms with Gasteiger partial charge >= 0.3 is 0 Å². The normalized spacial score (nSPS) is 18.7. The van der Waals surface area contributed by atoms with Crippen LogP contribution in [0.25, 0.3) is 0 Å². The average Bonchev–Trinajstić information content (AvgIpc) is 3.07. The molecule has 3 nitrogen and oxygen atoms in total. The van der Waals surface area contributed by atoms with Crippen molar-refractivity contribution in [3.05, 3.63) is 44.3 Å². The molecule has 3 heterocycles. The number of carbonyl (C=O) groups is 1. The summed E-state index contributed by atoms with van der Waals surface area (Å²) in [6, 6.07) is 4.13. The maximum absolute atomic E-state index is 11.8. The van der Waals surface area contributed by atoms with Gasteiger partial charge in [-0.05, 0) is 40.3 Å². The van der Waals surface area contributed by atoms with Crippen molar-refractivity contribution in [2.24, 2.45) is 5.10 Å². The van der Waals surface area contributed by atoms with Gasteiger partial charge in [0, 0.05) is 13.3 Å². The molecule has 0 N–H and O–H groups in total. The van der Waals surface area contributed by atoms with E-state index in [-0.39, 0.29) is 11.9 Å². The van der Waals surface area contributed by atoms with Crippen molar-refractivity contribution in [3.63, 3.8) is 0 Å². The van der Waals surface area contributed by atoms with Gasteiger partial charge in [-0.1, -0.05) is 6.07 Å². The van der Waals surface area contributed by atoms with Gasteiger partial charge in [0.2, 0.25) is 5.91 Å². The Kier molecular flexibility index (Phi) is 3.24. The summed E-state index contributed by atoms with van der Waals surface area (Å²) in [5.41, 5.74) is 3.47. The Labute approximate surface area is 120 Å². The number of hydrazone groups is 1. The maximum atomic E-state index is 11.8. The molecule has 0 aliphatic carbocycles. The lowest BCUT2D eigenvalue weighted by Crippen LogP contribution is -2.24. The maximum Gasteiger partial charge on any atom is 0.240 e. The SMILES string of the molecule is CC(=O)N1N=C(c2cccs2)CC1c1cscc1C. The van der Waals surface area contributed by atoms with Gasteiger partial charge in [0.25, 0.3) is 0 Å². The van der Waals surface area contributed by atoms with Crippen LogP contribution in [0.5, 0.6) is 0 Å². The van der Waals surface area contributed by atoms with E-state index in [1.165, 1.54) is 11.1 Å². The molecule has 0 spiro atoms. The van der Waals surface area contributed by atoms with Crippen LogP contribution in [0.15, 0.2) is 33.4 Å². The second kappa shape index (κ2) is 4.90. The average molecular weight is 290 g/mol. The number of amides is 1. The zero-order valence-corrected chi connectivity index (χ0v) is 12.4. The number of thiophene rings is 2. The Balaban J connectivity index is 1.96. The number of carbonyl (C=O) groups excluding carboxylic acids is 1. The molecule has 2 aromatic heterocycles. The molecule has 1 aliphatic rings. The van der Waals surface area contributed by atoms with Crippen LogP contribution in [0.2, 0.25) is 0 Å². The Morgan fingerprint density at radius 2 is 2.32 bits per heavy atom. The highest BCUT2D eigenvalue weighted by atomic mass is 32.1. The Morgan fingerprint density at radius 1 is 1.47 bits per heavy atom. The topological polar surface area (TPSA) is 32.7 Å². The summed E-state index contributed by atoms with van der Waals surface area (Å²) in [5, 5.41) is 12.4. The summed E-state index contributed by atoms with van der Waals surface area (Å²) in [5.74, 6) is 0.00200. The molecule has 1 atom stereocenters. The largest absolute Gasteiger partial charge is 0.273 e. The molecule has 19 heavy (non-hydrogen) atoms. The van der Waals surface area contributed by atoms with Crippen LogP contribution in [0.4, 0.5) is 0 Å². The van der Waals surface area contributed by atoms with Crippen molar-refractivity contribution in [3.8, 4) is 0 Å². The lowest BCUT2D eigenvalue weighted by molar-refractivity contribution is -0.130. The predicted molar refractivity (Wildman–Crippen MR) is 79.8 cm³/mol. The fourth-order valence-corrected chi connectivity index (χ4v) is 3.97. The summed E-state index contributed by atoms with van der Waals surface area (Å²) in [7, 11) is 0. The fraction of sp³-hybridized carbons (Fsp3) is 0.286. The molecule has 1 amide bonds. The summed E-state index contributed by atoms with van der Waals surface area (Å²) in [4.78, 5) is 13.0. The number of hydrogen-bond acceptors (Lipinski definition) is 4. The summed E-state index contributed by atoms with van der Waals surface area (Å²) < 4.78 is 0. The third-order valence-electron chi connectivity index (χ3n) is 3.29. The Bertz CT molecular complexity index is 628. The van der Waals surface area contributed by atoms with Gasteiger partial charge in [-0.15, -0.1) is 11.3 Å². The number of nitrogens with zero attached hydrogens (tertiary/aromatic N) is 2. The molecule has 98 valence electrons. The second-order valence-electron chi connectivity index (χ2n) is 4.62. The van der Waals surface area contributed by atoms with Crippen LogP contribution in [-0.2, 0) is 4.79 Å². The van der Waals surface area contributed by atoms with E-state index in [1.54, 1.807) is 34.6 Å². The van der Waals surface area contributed by atoms with E-state index in [9.17, 15) is 4.79 Å². The molecular weight excluding hydrogens is 276 g/mol. The first-order valence-electron chi connectivity index (χ1n) is 6.10. The van der Waals surface area contributed by atoms with E-state index in [1.807, 2.05) is 11.4 Å². The molecule has 0 bridgehead atoms. The van der Waals surface area contributed by atoms with Crippen molar-refractivity contribution in [2.75, 3.05) is 0 Å². The Morgan fingerprint density at radius 3 is 2.89 bits per heavy atom. The van der Waals surface area contributed by atoms with Gasteiger partial charge < -0.3 is 0 Å². The molecule has 0 aromatic carbocycles. The smallest absolute Gasteiger partial charge is 0.240 e. The van der Waals surface area contributed by atoms with E-state index in [0.717, 1.165) is 17.0 Å². The zero-order chi connectivity index (χ0) is 13.4. The van der Waals surface area contributed by atoms with E-state index in [2.05, 4.69) is 28.9 Å². The van der Waals surface area contributed by atoms with E-state index in [0.29, 0.717) is 0 Å². The first-order valence-corrected chi connectivity index (χ1v) is 7.93. The number of rotatable bonds is 2. The standard InChI is InChI=1S/C14H14N2OS2/c1-9-7-18-8-11(9)13-6-12(14-4-3-5-19-14)15-16(13)10(2)17/h3-5,7-8,13H,6H2,1-2H3. The summed E-state index contributed by atoms with van der Waals surface area (Å²) in [6.07, 6.45) is 0.803. The highest BCUT2D eigenvalue weighted by molar-refractivity contribution is 7.12. The molecule has 5 heteroatoms. The summed E-state index contributed by atoms with van der Waals surface area (Å²) >= 11 is 3.35. The molecule has 3 rings (SSSR count). The van der Waals surface area contributed by atoms with Crippen molar-refractivity contribution in [1.82, 2.24) is 5.01 Å². The minimum absolute atomic E-state index is 0.00200. The molecule has 0 fully saturated rings. The van der Waals surface area contributed by atoms with E-state index < -0.39 is 0 Å². The molecule has 0 saturated carbocycles. The van der Waals surface area contributed by atoms with Crippen LogP contribution >= 0.6 is 22.7 Å². The van der Waals surface area contributed by atoms with Gasteiger partial charge in [-0.3, -0.25) is 4.79 Å². The van der Waals surface area contributed by atoms with Crippen molar-refractivity contribution in [1.29, 1.82) is 0 Å². The third kappa shape index (κ3) is 2.24. The summed E-state index contributed by atoms with van der Waals surface area (Å²) in [6.45, 7) is 3.67. The lowest BCUT2D eigenvalue weighted by atomic mass is 10.0. The molecule has 0 saturated heterocycles. The van der Waals surface area contributed by atoms with Gasteiger partial charge in [0.15, 0.2) is 0 Å². The van der Waals surface area contributed by atoms with E-state index >= 15 is 0 Å². The van der Waals surface area contributed by atoms with E-state index in [4.69, 9.17) is 0 Å². The van der Waals surface area contributed by atoms with Crippen LogP contribution in [-0.4, -0.2) is 16.6 Å². The molecule has 1 unspecified atom stereocenters. The Hall–Kier alpha value is -1.46. The fourth-order valence-electron chi connectivity index (χ4n) is 2.35. The van der Waals surface area contributed by atoms with Crippen molar-refractivity contribution in [2.45, 2.75) is 26.3 Å². The quantitative estimate of drug-likeness (QED) is 0.827. The predicted octanol–water partition coefficient (Wildman–Crippen LogP) is 3.82. The monoisotopic (exact) mass is 290 g/mol. The zero-order valence-electron chi connectivity index (χ0n) is 10.8. The van der Waals surface area contributed by atoms with Crippen LogP contribution in [0.3, 0.4) is 0 Å². The van der Waals surface area contributed by atoms with Gasteiger partial charge in [0.1, 0.15) is 0 Å². The van der Waals surface area contributed by atoms with Crippen molar-refractivity contribution < 1.29 is 4.79 Å². The molecular formula is C14H14N2OS2. The number of aryl methyl sites for hydroxylation is 1. The van der Waals surface area contributed by atoms with Gasteiger partial charge in [-0.25, -0.2) is 5.01 Å².